The summed E-state index contributed by atoms with van der Waals surface area (Å²) in [7, 11) is 0. The van der Waals surface area contributed by atoms with E-state index in [0.717, 1.165) is 25.7 Å². The van der Waals surface area contributed by atoms with Crippen LogP contribution in [0.25, 0.3) is 0 Å². The van der Waals surface area contributed by atoms with Crippen molar-refractivity contribution in [2.45, 2.75) is 85.2 Å². The molecule has 1 N–H and O–H groups in total. The molecule has 1 rings (SSSR count). The predicted octanol–water partition coefficient (Wildman–Crippen LogP) is 4.42. The third-order valence-electron chi connectivity index (χ3n) is 4.52. The Hall–Kier alpha value is -1.06. The summed E-state index contributed by atoms with van der Waals surface area (Å²) in [4.78, 5) is 22.1. The normalized spacial score (nSPS) is 18.6. The molecule has 0 bridgehead atoms. The molecule has 22 heavy (non-hydrogen) atoms. The number of aliphatic carboxylic acids is 1. The summed E-state index contributed by atoms with van der Waals surface area (Å²) in [6.45, 7) is 9.11. The standard InChI is InChI=1S/C18H32O4/c1-13(2)11-18(12-14(3)4)9-7-15(8-10-18)22-17(21)6-5-16(19)20/h13-15H,5-12H2,1-4H3,(H,19,20). The Bertz CT molecular complexity index is 353. The number of esters is 1. The van der Waals surface area contributed by atoms with Crippen LogP contribution in [0.15, 0.2) is 0 Å². The highest BCUT2D eigenvalue weighted by molar-refractivity contribution is 5.76. The Labute approximate surface area is 134 Å². The summed E-state index contributed by atoms with van der Waals surface area (Å²) < 4.78 is 5.44. The Morgan fingerprint density at radius 2 is 1.55 bits per heavy atom. The number of carbonyl (C=O) groups excluding carboxylic acids is 1. The molecule has 0 saturated heterocycles. The van der Waals surface area contributed by atoms with Gasteiger partial charge in [0.2, 0.25) is 0 Å². The van der Waals surface area contributed by atoms with Gasteiger partial charge in [-0.2, -0.15) is 0 Å². The molecule has 0 aliphatic heterocycles. The minimum absolute atomic E-state index is 0.0189. The first kappa shape index (κ1) is 19.0. The lowest BCUT2D eigenvalue weighted by atomic mass is 9.65. The zero-order valence-electron chi connectivity index (χ0n) is 14.6. The van der Waals surface area contributed by atoms with Crippen molar-refractivity contribution in [3.05, 3.63) is 0 Å². The summed E-state index contributed by atoms with van der Waals surface area (Å²) in [5.41, 5.74) is 0.395. The molecule has 0 atom stereocenters. The summed E-state index contributed by atoms with van der Waals surface area (Å²) in [5.74, 6) is 0.0583. The highest BCUT2D eigenvalue weighted by Gasteiger charge is 2.37. The van der Waals surface area contributed by atoms with Crippen LogP contribution in [0.3, 0.4) is 0 Å². The van der Waals surface area contributed by atoms with E-state index in [0.29, 0.717) is 17.3 Å². The van der Waals surface area contributed by atoms with Crippen LogP contribution < -0.4 is 0 Å². The van der Waals surface area contributed by atoms with E-state index in [4.69, 9.17) is 9.84 Å². The average molecular weight is 312 g/mol. The number of carbonyl (C=O) groups is 2. The third-order valence-corrected chi connectivity index (χ3v) is 4.52. The largest absolute Gasteiger partial charge is 0.481 e. The first-order valence-corrected chi connectivity index (χ1v) is 8.64. The maximum absolute atomic E-state index is 11.6. The molecule has 0 unspecified atom stereocenters. The molecule has 1 fully saturated rings. The topological polar surface area (TPSA) is 63.6 Å². The number of carboxylic acid groups (broad SMARTS) is 1. The van der Waals surface area contributed by atoms with Crippen LogP contribution in [-0.2, 0) is 14.3 Å². The Balaban J connectivity index is 2.48. The molecule has 0 spiro atoms. The second-order valence-corrected chi connectivity index (χ2v) is 7.78. The molecule has 1 saturated carbocycles. The highest BCUT2D eigenvalue weighted by atomic mass is 16.5. The van der Waals surface area contributed by atoms with Crippen LogP contribution in [-0.4, -0.2) is 23.1 Å². The Morgan fingerprint density at radius 3 is 1.95 bits per heavy atom. The predicted molar refractivity (Wildman–Crippen MR) is 86.6 cm³/mol. The van der Waals surface area contributed by atoms with Gasteiger partial charge in [0.15, 0.2) is 0 Å². The van der Waals surface area contributed by atoms with Gasteiger partial charge in [0, 0.05) is 0 Å². The van der Waals surface area contributed by atoms with Gasteiger partial charge in [-0.15, -0.1) is 0 Å². The highest BCUT2D eigenvalue weighted by Crippen LogP contribution is 2.46. The maximum atomic E-state index is 11.6. The van der Waals surface area contributed by atoms with Gasteiger partial charge in [-0.25, -0.2) is 0 Å². The second kappa shape index (κ2) is 8.54. The smallest absolute Gasteiger partial charge is 0.306 e. The van der Waals surface area contributed by atoms with Gasteiger partial charge < -0.3 is 9.84 Å². The molecule has 4 heteroatoms. The Morgan fingerprint density at radius 1 is 1.05 bits per heavy atom. The van der Waals surface area contributed by atoms with E-state index in [1.54, 1.807) is 0 Å². The number of hydrogen-bond acceptors (Lipinski definition) is 3. The molecular weight excluding hydrogens is 280 g/mol. The number of ether oxygens (including phenoxy) is 1. The van der Waals surface area contributed by atoms with Gasteiger partial charge in [0.05, 0.1) is 12.8 Å². The molecule has 0 radical (unpaired) electrons. The minimum atomic E-state index is -0.950. The van der Waals surface area contributed by atoms with E-state index in [9.17, 15) is 9.59 Å². The molecule has 0 aromatic carbocycles. The quantitative estimate of drug-likeness (QED) is 0.674. The molecule has 4 nitrogen and oxygen atoms in total. The number of rotatable bonds is 8. The van der Waals surface area contributed by atoms with Crippen LogP contribution in [0.2, 0.25) is 0 Å². The van der Waals surface area contributed by atoms with Crippen LogP contribution in [0.5, 0.6) is 0 Å². The molecule has 128 valence electrons. The summed E-state index contributed by atoms with van der Waals surface area (Å²) in [5, 5.41) is 8.60. The lowest BCUT2D eigenvalue weighted by molar-refractivity contribution is -0.154. The third kappa shape index (κ3) is 6.80. The number of carboxylic acids is 1. The fourth-order valence-electron chi connectivity index (χ4n) is 4.00. The molecule has 0 aromatic heterocycles. The lowest BCUT2D eigenvalue weighted by Crippen LogP contribution is -2.34. The van der Waals surface area contributed by atoms with Crippen molar-refractivity contribution in [2.24, 2.45) is 17.3 Å². The second-order valence-electron chi connectivity index (χ2n) is 7.78. The number of hydrogen-bond donors (Lipinski definition) is 1. The minimum Gasteiger partial charge on any atom is -0.481 e. The Kier molecular flexibility index (Phi) is 7.37. The fraction of sp³-hybridized carbons (Fsp3) is 0.889. The van der Waals surface area contributed by atoms with Crippen molar-refractivity contribution >= 4 is 11.9 Å². The zero-order chi connectivity index (χ0) is 16.8. The fourth-order valence-corrected chi connectivity index (χ4v) is 4.00. The molecule has 0 aromatic rings. The van der Waals surface area contributed by atoms with Crippen molar-refractivity contribution in [3.8, 4) is 0 Å². The SMILES string of the molecule is CC(C)CC1(CC(C)C)CCC(OC(=O)CCC(=O)O)CC1. The average Bonchev–Trinajstić information content (AvgIpc) is 2.37. The van der Waals surface area contributed by atoms with Gasteiger partial charge in [0.25, 0.3) is 0 Å². The molecule has 1 aliphatic rings. The zero-order valence-corrected chi connectivity index (χ0v) is 14.6. The molecular formula is C18H32O4. The molecule has 1 aliphatic carbocycles. The van der Waals surface area contributed by atoms with E-state index in [1.165, 1.54) is 12.8 Å². The van der Waals surface area contributed by atoms with Crippen molar-refractivity contribution in [3.63, 3.8) is 0 Å². The first-order valence-electron chi connectivity index (χ1n) is 8.64. The molecule has 0 heterocycles. The maximum Gasteiger partial charge on any atom is 0.306 e. The summed E-state index contributed by atoms with van der Waals surface area (Å²) in [6, 6.07) is 0. The van der Waals surface area contributed by atoms with Crippen LogP contribution in [0.1, 0.15) is 79.1 Å². The summed E-state index contributed by atoms with van der Waals surface area (Å²) >= 11 is 0. The van der Waals surface area contributed by atoms with Gasteiger partial charge >= 0.3 is 11.9 Å². The van der Waals surface area contributed by atoms with Crippen molar-refractivity contribution < 1.29 is 19.4 Å². The van der Waals surface area contributed by atoms with Crippen molar-refractivity contribution in [2.75, 3.05) is 0 Å². The van der Waals surface area contributed by atoms with Crippen LogP contribution in [0.4, 0.5) is 0 Å². The van der Waals surface area contributed by atoms with E-state index in [2.05, 4.69) is 27.7 Å². The van der Waals surface area contributed by atoms with Gasteiger partial charge in [0.1, 0.15) is 6.10 Å². The van der Waals surface area contributed by atoms with E-state index in [-0.39, 0.29) is 24.9 Å². The summed E-state index contributed by atoms with van der Waals surface area (Å²) in [6.07, 6.45) is 6.35. The van der Waals surface area contributed by atoms with Gasteiger partial charge in [-0.3, -0.25) is 9.59 Å². The van der Waals surface area contributed by atoms with E-state index < -0.39 is 5.97 Å². The van der Waals surface area contributed by atoms with Crippen LogP contribution >= 0.6 is 0 Å². The van der Waals surface area contributed by atoms with Crippen molar-refractivity contribution in [1.29, 1.82) is 0 Å². The van der Waals surface area contributed by atoms with E-state index in [1.807, 2.05) is 0 Å². The lowest BCUT2D eigenvalue weighted by Gasteiger charge is -2.42. The monoisotopic (exact) mass is 312 g/mol. The van der Waals surface area contributed by atoms with Gasteiger partial charge in [-0.05, 0) is 55.8 Å². The van der Waals surface area contributed by atoms with Gasteiger partial charge in [-0.1, -0.05) is 27.7 Å². The van der Waals surface area contributed by atoms with Crippen molar-refractivity contribution in [1.82, 2.24) is 0 Å². The van der Waals surface area contributed by atoms with Crippen LogP contribution in [0, 0.1) is 17.3 Å². The molecule has 0 amide bonds. The first-order chi connectivity index (χ1) is 10.2. The van der Waals surface area contributed by atoms with E-state index >= 15 is 0 Å².